The van der Waals surface area contributed by atoms with Crippen molar-refractivity contribution in [1.29, 1.82) is 0 Å². The number of nitrogens with one attached hydrogen (secondary N) is 2. The topological polar surface area (TPSA) is 106 Å². The molecule has 0 unspecified atom stereocenters. The molecule has 0 saturated carbocycles. The van der Waals surface area contributed by atoms with Crippen LogP contribution in [0.2, 0.25) is 0 Å². The third-order valence-corrected chi connectivity index (χ3v) is 4.05. The number of anilines is 1. The van der Waals surface area contributed by atoms with E-state index in [1.54, 1.807) is 55.9 Å². The summed E-state index contributed by atoms with van der Waals surface area (Å²) in [6, 6.07) is 8.88. The van der Waals surface area contributed by atoms with Crippen LogP contribution >= 0.6 is 0 Å². The van der Waals surface area contributed by atoms with Gasteiger partial charge in [0.2, 0.25) is 11.7 Å². The molecule has 0 aromatic carbocycles. The van der Waals surface area contributed by atoms with Crippen LogP contribution in [-0.4, -0.2) is 33.3 Å². The van der Waals surface area contributed by atoms with Gasteiger partial charge < -0.3 is 19.8 Å². The van der Waals surface area contributed by atoms with Gasteiger partial charge in [-0.15, -0.1) is 0 Å². The number of pyridine rings is 2. The number of allylic oxidation sites excluding steroid dienone is 1. The third-order valence-electron chi connectivity index (χ3n) is 4.05. The van der Waals surface area contributed by atoms with Crippen LogP contribution < -0.4 is 5.32 Å². The molecule has 0 aliphatic carbocycles. The highest BCUT2D eigenvalue weighted by Crippen LogP contribution is 2.29. The number of Topliss-reactive ketones (excluding diaryl/α,β-unsaturated/α-hetero) is 1. The zero-order valence-electron chi connectivity index (χ0n) is 14.9. The van der Waals surface area contributed by atoms with Gasteiger partial charge >= 0.3 is 5.97 Å². The van der Waals surface area contributed by atoms with Crippen LogP contribution in [0, 0.1) is 0 Å². The van der Waals surface area contributed by atoms with Crippen molar-refractivity contribution < 1.29 is 19.1 Å². The first-order chi connectivity index (χ1) is 13.7. The lowest BCUT2D eigenvalue weighted by Gasteiger charge is -2.07. The fourth-order valence-electron chi connectivity index (χ4n) is 2.80. The van der Waals surface area contributed by atoms with Gasteiger partial charge in [-0.05, 0) is 37.3 Å². The quantitative estimate of drug-likeness (QED) is 0.401. The van der Waals surface area contributed by atoms with E-state index in [0.29, 0.717) is 17.0 Å². The van der Waals surface area contributed by atoms with Crippen LogP contribution in [0.4, 0.5) is 5.82 Å². The highest BCUT2D eigenvalue weighted by molar-refractivity contribution is 6.26. The first-order valence-electron chi connectivity index (χ1n) is 8.63. The average molecular weight is 376 g/mol. The number of esters is 1. The van der Waals surface area contributed by atoms with Gasteiger partial charge in [-0.25, -0.2) is 14.8 Å². The Morgan fingerprint density at radius 2 is 2.11 bits per heavy atom. The number of ketones is 1. The predicted octanol–water partition coefficient (Wildman–Crippen LogP) is 2.78. The second kappa shape index (κ2) is 7.36. The molecule has 8 nitrogen and oxygen atoms in total. The summed E-state index contributed by atoms with van der Waals surface area (Å²) in [6.45, 7) is 1.81. The number of hydrogen-bond acceptors (Lipinski definition) is 7. The normalized spacial score (nSPS) is 15.2. The first kappa shape index (κ1) is 17.5. The number of rotatable bonds is 5. The molecular weight excluding hydrogens is 360 g/mol. The van der Waals surface area contributed by atoms with E-state index < -0.39 is 11.8 Å². The Morgan fingerprint density at radius 1 is 1.25 bits per heavy atom. The first-order valence-corrected chi connectivity index (χ1v) is 8.63. The Hall–Kier alpha value is -3.94. The van der Waals surface area contributed by atoms with E-state index in [4.69, 9.17) is 9.47 Å². The second-order valence-corrected chi connectivity index (χ2v) is 5.85. The molecule has 4 heterocycles. The van der Waals surface area contributed by atoms with E-state index in [2.05, 4.69) is 20.3 Å². The van der Waals surface area contributed by atoms with E-state index in [0.717, 1.165) is 5.39 Å². The van der Waals surface area contributed by atoms with E-state index in [1.807, 2.05) is 6.07 Å². The SMILES string of the molecule is CCOC(=O)C1=C(Nc2ccccn2)O/C(=C\c2c[nH]c3ncccc23)C1=O. The number of fused-ring (bicyclic) bond motifs is 1. The van der Waals surface area contributed by atoms with Crippen LogP contribution in [0.5, 0.6) is 0 Å². The fourth-order valence-corrected chi connectivity index (χ4v) is 2.80. The standard InChI is InChI=1S/C20H16N4O4/c1-2-27-20(26)16-17(25)14(28-19(16)24-15-7-3-4-8-21-15)10-12-11-23-18-13(12)6-5-9-22-18/h3-11H,2H2,1H3,(H,21,24)(H,22,23)/b14-10-. The van der Waals surface area contributed by atoms with Crippen molar-refractivity contribution in [2.75, 3.05) is 11.9 Å². The summed E-state index contributed by atoms with van der Waals surface area (Å²) in [7, 11) is 0. The van der Waals surface area contributed by atoms with E-state index >= 15 is 0 Å². The zero-order chi connectivity index (χ0) is 19.5. The predicted molar refractivity (Wildman–Crippen MR) is 102 cm³/mol. The third kappa shape index (κ3) is 3.23. The summed E-state index contributed by atoms with van der Waals surface area (Å²) in [6.07, 6.45) is 6.53. The largest absolute Gasteiger partial charge is 0.462 e. The molecule has 1 aliphatic rings. The van der Waals surface area contributed by atoms with Crippen LogP contribution in [0.25, 0.3) is 17.1 Å². The maximum atomic E-state index is 12.8. The van der Waals surface area contributed by atoms with Crippen molar-refractivity contribution in [1.82, 2.24) is 15.0 Å². The van der Waals surface area contributed by atoms with Gasteiger partial charge in [0.15, 0.2) is 11.3 Å². The van der Waals surface area contributed by atoms with Crippen molar-refractivity contribution in [3.05, 3.63) is 71.7 Å². The van der Waals surface area contributed by atoms with Crippen LogP contribution in [-0.2, 0) is 19.1 Å². The van der Waals surface area contributed by atoms with Gasteiger partial charge in [0, 0.05) is 29.5 Å². The molecule has 0 radical (unpaired) electrons. The fraction of sp³-hybridized carbons (Fsp3) is 0.100. The number of carbonyl (C=O) groups is 2. The Kier molecular flexibility index (Phi) is 4.59. The highest BCUT2D eigenvalue weighted by Gasteiger charge is 2.37. The minimum atomic E-state index is -0.755. The smallest absolute Gasteiger partial charge is 0.347 e. The molecule has 4 rings (SSSR count). The summed E-state index contributed by atoms with van der Waals surface area (Å²) >= 11 is 0. The van der Waals surface area contributed by atoms with Crippen molar-refractivity contribution >= 4 is 34.7 Å². The highest BCUT2D eigenvalue weighted by atomic mass is 16.5. The molecule has 28 heavy (non-hydrogen) atoms. The molecule has 0 saturated heterocycles. The molecule has 0 spiro atoms. The number of ether oxygens (including phenoxy) is 2. The number of aromatic amines is 1. The Balaban J connectivity index is 1.70. The average Bonchev–Trinajstić information content (AvgIpc) is 3.24. The second-order valence-electron chi connectivity index (χ2n) is 5.85. The molecule has 2 N–H and O–H groups in total. The number of hydrogen-bond donors (Lipinski definition) is 2. The summed E-state index contributed by atoms with van der Waals surface area (Å²) in [4.78, 5) is 36.6. The molecule has 1 aliphatic heterocycles. The van der Waals surface area contributed by atoms with Gasteiger partial charge in [0.25, 0.3) is 0 Å². The Labute approximate surface area is 159 Å². The van der Waals surface area contributed by atoms with Crippen LogP contribution in [0.1, 0.15) is 12.5 Å². The molecular formula is C20H16N4O4. The van der Waals surface area contributed by atoms with Gasteiger partial charge in [-0.2, -0.15) is 0 Å². The van der Waals surface area contributed by atoms with Crippen molar-refractivity contribution in [3.8, 4) is 0 Å². The van der Waals surface area contributed by atoms with Crippen molar-refractivity contribution in [2.24, 2.45) is 0 Å². The molecule has 3 aromatic heterocycles. The van der Waals surface area contributed by atoms with Gasteiger partial charge in [0.1, 0.15) is 11.5 Å². The lowest BCUT2D eigenvalue weighted by Crippen LogP contribution is -2.16. The molecule has 0 fully saturated rings. The van der Waals surface area contributed by atoms with E-state index in [9.17, 15) is 9.59 Å². The monoisotopic (exact) mass is 376 g/mol. The molecule has 0 bridgehead atoms. The van der Waals surface area contributed by atoms with Crippen LogP contribution in [0.3, 0.4) is 0 Å². The Morgan fingerprint density at radius 3 is 2.89 bits per heavy atom. The lowest BCUT2D eigenvalue weighted by molar-refractivity contribution is -0.139. The Bertz CT molecular complexity index is 1120. The van der Waals surface area contributed by atoms with Gasteiger partial charge in [-0.1, -0.05) is 6.07 Å². The number of carbonyl (C=O) groups excluding carboxylic acids is 2. The maximum Gasteiger partial charge on any atom is 0.347 e. The van der Waals surface area contributed by atoms with E-state index in [-0.39, 0.29) is 23.8 Å². The minimum absolute atomic E-state index is 0.00578. The zero-order valence-corrected chi connectivity index (χ0v) is 14.9. The lowest BCUT2D eigenvalue weighted by atomic mass is 10.1. The van der Waals surface area contributed by atoms with Gasteiger partial charge in [0.05, 0.1) is 6.61 Å². The van der Waals surface area contributed by atoms with Crippen molar-refractivity contribution in [2.45, 2.75) is 6.92 Å². The summed E-state index contributed by atoms with van der Waals surface area (Å²) in [5.74, 6) is -0.882. The van der Waals surface area contributed by atoms with Crippen molar-refractivity contribution in [3.63, 3.8) is 0 Å². The maximum absolute atomic E-state index is 12.8. The summed E-state index contributed by atoms with van der Waals surface area (Å²) < 4.78 is 10.7. The molecule has 3 aromatic rings. The van der Waals surface area contributed by atoms with Gasteiger partial charge in [-0.3, -0.25) is 4.79 Å². The number of H-pyrrole nitrogens is 1. The molecule has 0 amide bonds. The molecule has 140 valence electrons. The van der Waals surface area contributed by atoms with Crippen LogP contribution in [0.15, 0.2) is 66.1 Å². The summed E-state index contributed by atoms with van der Waals surface area (Å²) in [5, 5.41) is 3.70. The molecule has 8 heteroatoms. The van der Waals surface area contributed by atoms with E-state index in [1.165, 1.54) is 0 Å². The molecule has 0 atom stereocenters. The number of aromatic nitrogens is 3. The minimum Gasteiger partial charge on any atom is -0.462 e. The summed E-state index contributed by atoms with van der Waals surface area (Å²) in [5.41, 5.74) is 1.20. The number of nitrogens with zero attached hydrogens (tertiary/aromatic N) is 2.